The summed E-state index contributed by atoms with van der Waals surface area (Å²) in [6, 6.07) is 0. The minimum Gasteiger partial charge on any atom is -0.316 e. The second kappa shape index (κ2) is 4.07. The van der Waals surface area contributed by atoms with E-state index in [9.17, 15) is 0 Å². The van der Waals surface area contributed by atoms with E-state index in [4.69, 9.17) is 0 Å². The molecule has 2 aromatic rings. The molecule has 3 rings (SSSR count). The number of hydrogen-bond acceptors (Lipinski definition) is 4. The predicted molar refractivity (Wildman–Crippen MR) is 65.1 cm³/mol. The van der Waals surface area contributed by atoms with Gasteiger partial charge in [0, 0.05) is 30.8 Å². The lowest BCUT2D eigenvalue weighted by molar-refractivity contribution is 0.733. The van der Waals surface area contributed by atoms with E-state index in [1.165, 1.54) is 12.0 Å². The van der Waals surface area contributed by atoms with Gasteiger partial charge in [0.05, 0.1) is 0 Å². The predicted octanol–water partition coefficient (Wildman–Crippen LogP) is 1.32. The van der Waals surface area contributed by atoms with Crippen LogP contribution in [0.2, 0.25) is 0 Å². The third kappa shape index (κ3) is 1.91. The van der Waals surface area contributed by atoms with Gasteiger partial charge in [-0.25, -0.2) is 9.50 Å². The summed E-state index contributed by atoms with van der Waals surface area (Å²) < 4.78 is 1.81. The third-order valence-electron chi connectivity index (χ3n) is 3.28. The Hall–Kier alpha value is -1.49. The van der Waals surface area contributed by atoms with Gasteiger partial charge in [-0.15, -0.1) is 5.10 Å². The molecule has 1 aliphatic heterocycles. The maximum absolute atomic E-state index is 4.47. The summed E-state index contributed by atoms with van der Waals surface area (Å²) in [4.78, 5) is 8.80. The summed E-state index contributed by atoms with van der Waals surface area (Å²) in [6.45, 7) is 6.32. The number of rotatable bonds is 2. The van der Waals surface area contributed by atoms with Crippen LogP contribution in [0.4, 0.5) is 0 Å². The zero-order chi connectivity index (χ0) is 11.8. The lowest BCUT2D eigenvalue weighted by atomic mass is 10.0. The van der Waals surface area contributed by atoms with Crippen molar-refractivity contribution >= 4 is 5.78 Å². The first kappa shape index (κ1) is 10.7. The number of hydrogen-bond donors (Lipinski definition) is 1. The largest absolute Gasteiger partial charge is 0.316 e. The van der Waals surface area contributed by atoms with E-state index in [0.717, 1.165) is 18.9 Å². The Morgan fingerprint density at radius 2 is 2.35 bits per heavy atom. The van der Waals surface area contributed by atoms with Gasteiger partial charge in [0.2, 0.25) is 0 Å². The Kier molecular flexibility index (Phi) is 2.55. The lowest BCUT2D eigenvalue weighted by Crippen LogP contribution is -2.08. The summed E-state index contributed by atoms with van der Waals surface area (Å²) in [5.74, 6) is 2.47. The first-order valence-electron chi connectivity index (χ1n) is 6.17. The van der Waals surface area contributed by atoms with Gasteiger partial charge >= 0.3 is 0 Å². The molecular weight excluding hydrogens is 214 g/mol. The molecule has 1 unspecified atom stereocenters. The molecule has 90 valence electrons. The number of nitrogens with one attached hydrogen (secondary N) is 1. The quantitative estimate of drug-likeness (QED) is 0.847. The van der Waals surface area contributed by atoms with Crippen molar-refractivity contribution < 1.29 is 0 Å². The fourth-order valence-corrected chi connectivity index (χ4v) is 2.21. The molecule has 0 bridgehead atoms. The Labute approximate surface area is 100 Å². The molecule has 1 saturated heterocycles. The van der Waals surface area contributed by atoms with Crippen molar-refractivity contribution in [1.29, 1.82) is 0 Å². The number of nitrogens with zero attached hydrogens (tertiary/aromatic N) is 4. The van der Waals surface area contributed by atoms with E-state index in [1.807, 2.05) is 10.7 Å². The Balaban J connectivity index is 2.00. The average molecular weight is 231 g/mol. The minimum absolute atomic E-state index is 0.341. The van der Waals surface area contributed by atoms with Gasteiger partial charge in [0.25, 0.3) is 5.78 Å². The van der Waals surface area contributed by atoms with Crippen molar-refractivity contribution in [3.05, 3.63) is 23.8 Å². The topological polar surface area (TPSA) is 55.1 Å². The molecule has 0 spiro atoms. The standard InChI is InChI=1S/C12H17N5/c1-8(2)11-15-12-14-6-10(7-17(12)16-11)9-3-4-13-5-9/h6-9,13H,3-5H2,1-2H3. The monoisotopic (exact) mass is 231 g/mol. The highest BCUT2D eigenvalue weighted by atomic mass is 15.3. The molecule has 0 saturated carbocycles. The molecule has 0 aromatic carbocycles. The van der Waals surface area contributed by atoms with Crippen LogP contribution in [-0.4, -0.2) is 32.7 Å². The molecule has 1 aliphatic rings. The molecule has 5 heteroatoms. The summed E-state index contributed by atoms with van der Waals surface area (Å²) in [5, 5.41) is 7.84. The van der Waals surface area contributed by atoms with Crippen LogP contribution in [0, 0.1) is 0 Å². The van der Waals surface area contributed by atoms with E-state index in [1.54, 1.807) is 0 Å². The van der Waals surface area contributed by atoms with Gasteiger partial charge < -0.3 is 5.32 Å². The fraction of sp³-hybridized carbons (Fsp3) is 0.583. The maximum atomic E-state index is 4.47. The average Bonchev–Trinajstić information content (AvgIpc) is 2.97. The summed E-state index contributed by atoms with van der Waals surface area (Å²) in [5.41, 5.74) is 1.25. The number of aromatic nitrogens is 4. The Bertz CT molecular complexity index is 525. The molecule has 0 amide bonds. The van der Waals surface area contributed by atoms with Crippen molar-refractivity contribution in [1.82, 2.24) is 24.9 Å². The molecule has 1 fully saturated rings. The van der Waals surface area contributed by atoms with Crippen molar-refractivity contribution in [2.24, 2.45) is 0 Å². The molecule has 0 radical (unpaired) electrons. The number of fused-ring (bicyclic) bond motifs is 1. The molecule has 2 aromatic heterocycles. The van der Waals surface area contributed by atoms with Crippen LogP contribution in [-0.2, 0) is 0 Å². The first-order valence-corrected chi connectivity index (χ1v) is 6.17. The minimum atomic E-state index is 0.341. The third-order valence-corrected chi connectivity index (χ3v) is 3.28. The zero-order valence-corrected chi connectivity index (χ0v) is 10.2. The Morgan fingerprint density at radius 3 is 3.06 bits per heavy atom. The van der Waals surface area contributed by atoms with Crippen molar-refractivity contribution in [2.75, 3.05) is 13.1 Å². The lowest BCUT2D eigenvalue weighted by Gasteiger charge is -2.07. The molecule has 1 atom stereocenters. The smallest absolute Gasteiger partial charge is 0.252 e. The normalized spacial score (nSPS) is 20.5. The van der Waals surface area contributed by atoms with Gasteiger partial charge in [-0.3, -0.25) is 0 Å². The highest BCUT2D eigenvalue weighted by Crippen LogP contribution is 2.21. The molecule has 17 heavy (non-hydrogen) atoms. The Morgan fingerprint density at radius 1 is 1.47 bits per heavy atom. The van der Waals surface area contributed by atoms with Gasteiger partial charge in [0.15, 0.2) is 5.82 Å². The van der Waals surface area contributed by atoms with Crippen molar-refractivity contribution in [2.45, 2.75) is 32.1 Å². The molecule has 0 aliphatic carbocycles. The van der Waals surface area contributed by atoms with Crippen molar-refractivity contribution in [3.8, 4) is 0 Å². The molecule has 5 nitrogen and oxygen atoms in total. The van der Waals surface area contributed by atoms with E-state index in [-0.39, 0.29) is 0 Å². The second-order valence-electron chi connectivity index (χ2n) is 4.95. The summed E-state index contributed by atoms with van der Waals surface area (Å²) >= 11 is 0. The van der Waals surface area contributed by atoms with Gasteiger partial charge in [-0.05, 0) is 18.5 Å². The highest BCUT2D eigenvalue weighted by molar-refractivity contribution is 5.29. The van der Waals surface area contributed by atoms with Crippen molar-refractivity contribution in [3.63, 3.8) is 0 Å². The van der Waals surface area contributed by atoms with E-state index in [2.05, 4.69) is 40.4 Å². The first-order chi connectivity index (χ1) is 8.24. The summed E-state index contributed by atoms with van der Waals surface area (Å²) in [6.07, 6.45) is 5.18. The van der Waals surface area contributed by atoms with E-state index >= 15 is 0 Å². The molecule has 1 N–H and O–H groups in total. The second-order valence-corrected chi connectivity index (χ2v) is 4.95. The van der Waals surface area contributed by atoms with E-state index in [0.29, 0.717) is 17.6 Å². The summed E-state index contributed by atoms with van der Waals surface area (Å²) in [7, 11) is 0. The van der Waals surface area contributed by atoms with Crippen LogP contribution < -0.4 is 5.32 Å². The SMILES string of the molecule is CC(C)c1nc2ncc(C3CCNC3)cn2n1. The van der Waals surface area contributed by atoms with Gasteiger partial charge in [0.1, 0.15) is 0 Å². The van der Waals surface area contributed by atoms with Crippen LogP contribution in [0.1, 0.15) is 43.5 Å². The van der Waals surface area contributed by atoms with Gasteiger partial charge in [-0.2, -0.15) is 4.98 Å². The van der Waals surface area contributed by atoms with Crippen LogP contribution >= 0.6 is 0 Å². The van der Waals surface area contributed by atoms with E-state index < -0.39 is 0 Å². The van der Waals surface area contributed by atoms with Crippen LogP contribution in [0.3, 0.4) is 0 Å². The van der Waals surface area contributed by atoms with Gasteiger partial charge in [-0.1, -0.05) is 13.8 Å². The maximum Gasteiger partial charge on any atom is 0.252 e. The van der Waals surface area contributed by atoms with Crippen LogP contribution in [0.5, 0.6) is 0 Å². The molecule has 3 heterocycles. The van der Waals surface area contributed by atoms with Crippen LogP contribution in [0.25, 0.3) is 5.78 Å². The molecular formula is C12H17N5. The van der Waals surface area contributed by atoms with Crippen LogP contribution in [0.15, 0.2) is 12.4 Å². The highest BCUT2D eigenvalue weighted by Gasteiger charge is 2.18. The zero-order valence-electron chi connectivity index (χ0n) is 10.2. The fourth-order valence-electron chi connectivity index (χ4n) is 2.21.